The number of non-ortho nitro benzene ring substituents is 1. The molecule has 0 saturated carbocycles. The summed E-state index contributed by atoms with van der Waals surface area (Å²) in [5.41, 5.74) is 2.52. The molecule has 0 aromatic heterocycles. The van der Waals surface area contributed by atoms with E-state index in [-0.39, 0.29) is 33.9 Å². The van der Waals surface area contributed by atoms with Crippen LogP contribution in [0, 0.1) is 31.1 Å². The van der Waals surface area contributed by atoms with E-state index in [0.717, 1.165) is 29.1 Å². The summed E-state index contributed by atoms with van der Waals surface area (Å²) in [6, 6.07) is 8.34. The number of ketones is 2. The molecule has 0 spiro atoms. The standard InChI is InChI=1S/C30H30BrN3O7/c1-29(2)12-20-27(22(35)14-29)26(28-21(32(20)5)13-30(3,4)15-23(28)36)16-6-8-24(18(31)10-16)41-25-9-7-17(33(37)38)11-19(25)34(39)40/h6-11,26H,12-15H2,1-5H3. The van der Waals surface area contributed by atoms with Gasteiger partial charge in [-0.1, -0.05) is 33.8 Å². The molecular formula is C30H30BrN3O7. The minimum Gasteiger partial charge on any atom is -0.449 e. The predicted molar refractivity (Wildman–Crippen MR) is 155 cm³/mol. The Balaban J connectivity index is 1.60. The molecule has 0 radical (unpaired) electrons. The Morgan fingerprint density at radius 1 is 0.829 bits per heavy atom. The van der Waals surface area contributed by atoms with Crippen LogP contribution in [0.4, 0.5) is 11.4 Å². The van der Waals surface area contributed by atoms with Crippen LogP contribution in [0.2, 0.25) is 0 Å². The molecule has 214 valence electrons. The number of halogens is 1. The Bertz CT molecular complexity index is 1550. The highest BCUT2D eigenvalue weighted by Gasteiger charge is 2.48. The number of carbonyl (C=O) groups is 2. The SMILES string of the molecule is CN1C2=C(C(=O)CC(C)(C)C2)C(c2ccc(Oc3ccc([N+](=O)[O-])cc3[N+](=O)[O-])c(Br)c2)C2=C1CC(C)(C)CC2=O. The molecule has 11 heteroatoms. The average molecular weight is 624 g/mol. The molecule has 1 aliphatic heterocycles. The van der Waals surface area contributed by atoms with Crippen LogP contribution in [-0.4, -0.2) is 33.4 Å². The van der Waals surface area contributed by atoms with Gasteiger partial charge >= 0.3 is 5.69 Å². The molecular weight excluding hydrogens is 594 g/mol. The van der Waals surface area contributed by atoms with E-state index in [9.17, 15) is 29.8 Å². The van der Waals surface area contributed by atoms with Crippen molar-refractivity contribution < 1.29 is 24.2 Å². The van der Waals surface area contributed by atoms with Gasteiger partial charge in [-0.15, -0.1) is 0 Å². The molecule has 3 aliphatic rings. The summed E-state index contributed by atoms with van der Waals surface area (Å²) >= 11 is 3.51. The fourth-order valence-electron chi connectivity index (χ4n) is 6.24. The molecule has 0 bridgehead atoms. The fourth-order valence-corrected chi connectivity index (χ4v) is 6.72. The number of hydrogen-bond acceptors (Lipinski definition) is 8. The van der Waals surface area contributed by atoms with Crippen molar-refractivity contribution in [1.29, 1.82) is 0 Å². The summed E-state index contributed by atoms with van der Waals surface area (Å²) in [5.74, 6) is -0.403. The van der Waals surface area contributed by atoms with E-state index >= 15 is 0 Å². The molecule has 0 atom stereocenters. The lowest BCUT2D eigenvalue weighted by atomic mass is 9.64. The molecule has 10 nitrogen and oxygen atoms in total. The van der Waals surface area contributed by atoms with Gasteiger partial charge in [0.25, 0.3) is 5.69 Å². The van der Waals surface area contributed by atoms with Gasteiger partial charge in [0.1, 0.15) is 5.75 Å². The molecule has 0 N–H and O–H groups in total. The van der Waals surface area contributed by atoms with Gasteiger partial charge in [0.15, 0.2) is 11.6 Å². The highest BCUT2D eigenvalue weighted by molar-refractivity contribution is 9.10. The van der Waals surface area contributed by atoms with E-state index in [1.807, 2.05) is 7.05 Å². The molecule has 2 aromatic rings. The van der Waals surface area contributed by atoms with Gasteiger partial charge in [-0.2, -0.15) is 0 Å². The largest absolute Gasteiger partial charge is 0.449 e. The molecule has 2 aliphatic carbocycles. The smallest absolute Gasteiger partial charge is 0.318 e. The first-order chi connectivity index (χ1) is 19.1. The number of hydrogen-bond donors (Lipinski definition) is 0. The van der Waals surface area contributed by atoms with Crippen LogP contribution in [0.1, 0.15) is 64.9 Å². The molecule has 5 rings (SSSR count). The summed E-state index contributed by atoms with van der Waals surface area (Å²) < 4.78 is 6.29. The zero-order valence-electron chi connectivity index (χ0n) is 23.4. The van der Waals surface area contributed by atoms with Gasteiger partial charge in [-0.05, 0) is 63.4 Å². The Hall–Kier alpha value is -3.86. The molecule has 41 heavy (non-hydrogen) atoms. The lowest BCUT2D eigenvalue weighted by molar-refractivity contribution is -0.394. The number of ether oxygens (including phenoxy) is 1. The Morgan fingerprint density at radius 2 is 1.37 bits per heavy atom. The summed E-state index contributed by atoms with van der Waals surface area (Å²) in [6.45, 7) is 8.32. The number of rotatable bonds is 5. The highest BCUT2D eigenvalue weighted by atomic mass is 79.9. The fraction of sp³-hybridized carbons (Fsp3) is 0.400. The maximum atomic E-state index is 13.7. The van der Waals surface area contributed by atoms with Crippen molar-refractivity contribution in [1.82, 2.24) is 4.90 Å². The van der Waals surface area contributed by atoms with Crippen molar-refractivity contribution >= 4 is 38.9 Å². The van der Waals surface area contributed by atoms with Crippen molar-refractivity contribution in [2.75, 3.05) is 7.05 Å². The van der Waals surface area contributed by atoms with Crippen molar-refractivity contribution in [2.45, 2.75) is 59.3 Å². The second-order valence-corrected chi connectivity index (χ2v) is 13.4. The van der Waals surface area contributed by atoms with E-state index in [1.165, 1.54) is 6.07 Å². The Morgan fingerprint density at radius 3 is 1.85 bits per heavy atom. The minimum atomic E-state index is -0.739. The molecule has 0 amide bonds. The van der Waals surface area contributed by atoms with E-state index in [4.69, 9.17) is 4.74 Å². The van der Waals surface area contributed by atoms with Crippen LogP contribution >= 0.6 is 15.9 Å². The third kappa shape index (κ3) is 5.18. The van der Waals surface area contributed by atoms with Crippen LogP contribution < -0.4 is 4.74 Å². The maximum absolute atomic E-state index is 13.7. The van der Waals surface area contributed by atoms with E-state index in [1.54, 1.807) is 18.2 Å². The number of benzene rings is 2. The van der Waals surface area contributed by atoms with Gasteiger partial charge in [0.2, 0.25) is 5.75 Å². The number of Topliss-reactive ketones (excluding diaryl/α,β-unsaturated/α-hetero) is 2. The van der Waals surface area contributed by atoms with Crippen LogP contribution in [-0.2, 0) is 9.59 Å². The number of nitrogens with zero attached hydrogens (tertiary/aromatic N) is 3. The lowest BCUT2D eigenvalue weighted by Gasteiger charge is -2.47. The van der Waals surface area contributed by atoms with E-state index < -0.39 is 27.1 Å². The zero-order chi connectivity index (χ0) is 30.0. The number of nitro benzene ring substituents is 2. The van der Waals surface area contributed by atoms with Crippen LogP contribution in [0.25, 0.3) is 0 Å². The number of allylic oxidation sites excluding steroid dienone is 4. The summed E-state index contributed by atoms with van der Waals surface area (Å²) in [6.07, 6.45) is 2.17. The summed E-state index contributed by atoms with van der Waals surface area (Å²) in [5, 5.41) is 22.7. The van der Waals surface area contributed by atoms with Crippen LogP contribution in [0.15, 0.2) is 63.4 Å². The number of nitro groups is 2. The molecule has 0 fully saturated rings. The lowest BCUT2D eigenvalue weighted by Crippen LogP contribution is -2.43. The van der Waals surface area contributed by atoms with E-state index in [2.05, 4.69) is 48.5 Å². The topological polar surface area (TPSA) is 133 Å². The van der Waals surface area contributed by atoms with Gasteiger partial charge in [0, 0.05) is 54.4 Å². The minimum absolute atomic E-state index is 0.0234. The van der Waals surface area contributed by atoms with Gasteiger partial charge < -0.3 is 9.64 Å². The molecule has 2 aromatic carbocycles. The first-order valence-corrected chi connectivity index (χ1v) is 14.0. The zero-order valence-corrected chi connectivity index (χ0v) is 25.0. The van der Waals surface area contributed by atoms with Crippen molar-refractivity contribution in [3.8, 4) is 11.5 Å². The van der Waals surface area contributed by atoms with Crippen molar-refractivity contribution in [3.05, 3.63) is 89.2 Å². The Kier molecular flexibility index (Phi) is 6.92. The van der Waals surface area contributed by atoms with Crippen molar-refractivity contribution in [2.24, 2.45) is 10.8 Å². The van der Waals surface area contributed by atoms with Crippen LogP contribution in [0.5, 0.6) is 11.5 Å². The summed E-state index contributed by atoms with van der Waals surface area (Å²) in [7, 11) is 1.95. The maximum Gasteiger partial charge on any atom is 0.318 e. The van der Waals surface area contributed by atoms with Crippen LogP contribution in [0.3, 0.4) is 0 Å². The monoisotopic (exact) mass is 623 g/mol. The molecule has 0 saturated heterocycles. The van der Waals surface area contributed by atoms with E-state index in [0.29, 0.717) is 41.3 Å². The van der Waals surface area contributed by atoms with Gasteiger partial charge in [-0.3, -0.25) is 29.8 Å². The highest BCUT2D eigenvalue weighted by Crippen LogP contribution is 2.54. The number of carbonyl (C=O) groups excluding carboxylic acids is 2. The quantitative estimate of drug-likeness (QED) is 0.249. The Labute approximate surface area is 245 Å². The normalized spacial score (nSPS) is 20.1. The average Bonchev–Trinajstić information content (AvgIpc) is 2.85. The first kappa shape index (κ1) is 28.7. The van der Waals surface area contributed by atoms with Gasteiger partial charge in [0.05, 0.1) is 20.4 Å². The van der Waals surface area contributed by atoms with Crippen molar-refractivity contribution in [3.63, 3.8) is 0 Å². The first-order valence-electron chi connectivity index (χ1n) is 13.2. The van der Waals surface area contributed by atoms with Gasteiger partial charge in [-0.25, -0.2) is 0 Å². The molecule has 0 unspecified atom stereocenters. The second kappa shape index (κ2) is 9.90. The molecule has 1 heterocycles. The third-order valence-corrected chi connectivity index (χ3v) is 8.66. The second-order valence-electron chi connectivity index (χ2n) is 12.6. The summed E-state index contributed by atoms with van der Waals surface area (Å²) in [4.78, 5) is 50.7. The third-order valence-electron chi connectivity index (χ3n) is 8.04. The predicted octanol–water partition coefficient (Wildman–Crippen LogP) is 7.37.